The third-order valence-electron chi connectivity index (χ3n) is 5.93. The Balaban J connectivity index is 1.60. The summed E-state index contributed by atoms with van der Waals surface area (Å²) in [6, 6.07) is 15.9. The van der Waals surface area contributed by atoms with Crippen LogP contribution >= 0.6 is 11.6 Å². The molecule has 1 saturated heterocycles. The Morgan fingerprint density at radius 2 is 1.65 bits per heavy atom. The van der Waals surface area contributed by atoms with Crippen molar-refractivity contribution in [1.82, 2.24) is 15.1 Å². The van der Waals surface area contributed by atoms with E-state index >= 15 is 0 Å². The predicted molar refractivity (Wildman–Crippen MR) is 124 cm³/mol. The molecule has 0 atom stereocenters. The standard InChI is InChI=1S/C24H27ClN4O2/c1-4-31-23(30)24(2,3)29-15-13-28(14-16-29)22-20-8-6-5-7-19(20)21(26-27-22)17-9-11-18(25)12-10-17/h5-12H,4,13-16H2,1-3H3. The minimum atomic E-state index is -0.645. The Labute approximate surface area is 187 Å². The highest BCUT2D eigenvalue weighted by Crippen LogP contribution is 2.32. The lowest BCUT2D eigenvalue weighted by Gasteiger charge is -2.42. The molecule has 0 amide bonds. The summed E-state index contributed by atoms with van der Waals surface area (Å²) < 4.78 is 5.27. The van der Waals surface area contributed by atoms with E-state index in [1.54, 1.807) is 0 Å². The fourth-order valence-corrected chi connectivity index (χ4v) is 4.18. The summed E-state index contributed by atoms with van der Waals surface area (Å²) in [6.07, 6.45) is 0. The molecule has 0 bridgehead atoms. The second-order valence-corrected chi connectivity index (χ2v) is 8.61. The number of carbonyl (C=O) groups excluding carboxylic acids is 1. The molecule has 1 fully saturated rings. The molecule has 2 aromatic carbocycles. The van der Waals surface area contributed by atoms with Gasteiger partial charge in [0.2, 0.25) is 0 Å². The van der Waals surface area contributed by atoms with Crippen molar-refractivity contribution in [3.8, 4) is 11.3 Å². The fourth-order valence-electron chi connectivity index (χ4n) is 4.06. The number of hydrogen-bond acceptors (Lipinski definition) is 6. The Bertz CT molecular complexity index is 1080. The highest BCUT2D eigenvalue weighted by atomic mass is 35.5. The van der Waals surface area contributed by atoms with Gasteiger partial charge in [-0.05, 0) is 32.9 Å². The van der Waals surface area contributed by atoms with E-state index in [-0.39, 0.29) is 5.97 Å². The molecule has 0 radical (unpaired) electrons. The monoisotopic (exact) mass is 438 g/mol. The topological polar surface area (TPSA) is 58.6 Å². The van der Waals surface area contributed by atoms with Crippen molar-refractivity contribution in [2.24, 2.45) is 0 Å². The molecule has 4 rings (SSSR count). The molecule has 1 aliphatic rings. The summed E-state index contributed by atoms with van der Waals surface area (Å²) in [5.41, 5.74) is 1.19. The smallest absolute Gasteiger partial charge is 0.325 e. The van der Waals surface area contributed by atoms with Crippen molar-refractivity contribution in [1.29, 1.82) is 0 Å². The second kappa shape index (κ2) is 8.81. The van der Waals surface area contributed by atoms with E-state index in [0.717, 1.165) is 54.0 Å². The number of benzene rings is 2. The van der Waals surface area contributed by atoms with Crippen molar-refractivity contribution >= 4 is 34.2 Å². The molecule has 7 heteroatoms. The maximum absolute atomic E-state index is 12.4. The molecule has 6 nitrogen and oxygen atoms in total. The van der Waals surface area contributed by atoms with Crippen LogP contribution in [0.5, 0.6) is 0 Å². The maximum Gasteiger partial charge on any atom is 0.325 e. The zero-order valence-electron chi connectivity index (χ0n) is 18.1. The first-order valence-electron chi connectivity index (χ1n) is 10.6. The van der Waals surface area contributed by atoms with Crippen LogP contribution in [0.15, 0.2) is 48.5 Å². The summed E-state index contributed by atoms with van der Waals surface area (Å²) in [5, 5.41) is 12.0. The summed E-state index contributed by atoms with van der Waals surface area (Å²) in [5.74, 6) is 0.697. The van der Waals surface area contributed by atoms with Crippen LogP contribution in [0.1, 0.15) is 20.8 Å². The third-order valence-corrected chi connectivity index (χ3v) is 6.18. The first-order chi connectivity index (χ1) is 14.9. The SMILES string of the molecule is CCOC(=O)C(C)(C)N1CCN(c2nnc(-c3ccc(Cl)cc3)c3ccccc23)CC1. The molecule has 0 N–H and O–H groups in total. The van der Waals surface area contributed by atoms with Crippen molar-refractivity contribution in [2.75, 3.05) is 37.7 Å². The van der Waals surface area contributed by atoms with Gasteiger partial charge in [0.1, 0.15) is 11.2 Å². The van der Waals surface area contributed by atoms with E-state index in [1.807, 2.05) is 57.2 Å². The number of hydrogen-bond donors (Lipinski definition) is 0. The Morgan fingerprint density at radius 3 is 2.29 bits per heavy atom. The van der Waals surface area contributed by atoms with Crippen LogP contribution < -0.4 is 4.90 Å². The number of aromatic nitrogens is 2. The molecule has 0 saturated carbocycles. The molecule has 0 spiro atoms. The average Bonchev–Trinajstić information content (AvgIpc) is 2.79. The van der Waals surface area contributed by atoms with Crippen molar-refractivity contribution in [3.63, 3.8) is 0 Å². The number of esters is 1. The number of ether oxygens (including phenoxy) is 1. The fraction of sp³-hybridized carbons (Fsp3) is 0.375. The van der Waals surface area contributed by atoms with Crippen molar-refractivity contribution in [3.05, 3.63) is 53.6 Å². The highest BCUT2D eigenvalue weighted by Gasteiger charge is 2.38. The molecule has 0 unspecified atom stereocenters. The Morgan fingerprint density at radius 1 is 1.00 bits per heavy atom. The Kier molecular flexibility index (Phi) is 6.12. The quantitative estimate of drug-likeness (QED) is 0.550. The third kappa shape index (κ3) is 4.23. The van der Waals surface area contributed by atoms with Gasteiger partial charge in [-0.1, -0.05) is 48.0 Å². The summed E-state index contributed by atoms with van der Waals surface area (Å²) in [6.45, 7) is 9.12. The lowest BCUT2D eigenvalue weighted by Crippen LogP contribution is -2.58. The number of fused-ring (bicyclic) bond motifs is 1. The molecular weight excluding hydrogens is 412 g/mol. The zero-order chi connectivity index (χ0) is 22.0. The van der Waals surface area contributed by atoms with Crippen LogP contribution in [0.2, 0.25) is 5.02 Å². The number of nitrogens with zero attached hydrogens (tertiary/aromatic N) is 4. The molecule has 31 heavy (non-hydrogen) atoms. The first-order valence-corrected chi connectivity index (χ1v) is 11.0. The van der Waals surface area contributed by atoms with Crippen LogP contribution in [0.4, 0.5) is 5.82 Å². The zero-order valence-corrected chi connectivity index (χ0v) is 18.9. The van der Waals surface area contributed by atoms with Crippen LogP contribution in [0, 0.1) is 0 Å². The second-order valence-electron chi connectivity index (χ2n) is 8.18. The van der Waals surface area contributed by atoms with Gasteiger partial charge in [-0.2, -0.15) is 0 Å². The van der Waals surface area contributed by atoms with Crippen LogP contribution in [-0.4, -0.2) is 59.4 Å². The van der Waals surface area contributed by atoms with E-state index in [4.69, 9.17) is 16.3 Å². The van der Waals surface area contributed by atoms with E-state index in [0.29, 0.717) is 11.6 Å². The van der Waals surface area contributed by atoms with Gasteiger partial charge in [0, 0.05) is 47.5 Å². The van der Waals surface area contributed by atoms with Gasteiger partial charge in [-0.3, -0.25) is 9.69 Å². The first kappa shape index (κ1) is 21.5. The average molecular weight is 439 g/mol. The van der Waals surface area contributed by atoms with Gasteiger partial charge in [0.15, 0.2) is 5.82 Å². The van der Waals surface area contributed by atoms with E-state index in [1.165, 1.54) is 0 Å². The minimum Gasteiger partial charge on any atom is -0.465 e. The van der Waals surface area contributed by atoms with Crippen LogP contribution in [0.3, 0.4) is 0 Å². The molecule has 1 aliphatic heterocycles. The Hall–Kier alpha value is -2.70. The normalized spacial score (nSPS) is 15.3. The van der Waals surface area contributed by atoms with Gasteiger partial charge in [-0.15, -0.1) is 10.2 Å². The molecule has 162 valence electrons. The van der Waals surface area contributed by atoms with Gasteiger partial charge >= 0.3 is 5.97 Å². The van der Waals surface area contributed by atoms with E-state index < -0.39 is 5.54 Å². The largest absolute Gasteiger partial charge is 0.465 e. The number of piperazine rings is 1. The highest BCUT2D eigenvalue weighted by molar-refractivity contribution is 6.30. The van der Waals surface area contributed by atoms with Gasteiger partial charge in [-0.25, -0.2) is 0 Å². The minimum absolute atomic E-state index is 0.180. The van der Waals surface area contributed by atoms with Gasteiger partial charge < -0.3 is 9.64 Å². The predicted octanol–water partition coefficient (Wildman–Crippen LogP) is 4.41. The van der Waals surface area contributed by atoms with Crippen molar-refractivity contribution < 1.29 is 9.53 Å². The van der Waals surface area contributed by atoms with E-state index in [9.17, 15) is 4.79 Å². The molecule has 2 heterocycles. The van der Waals surface area contributed by atoms with Crippen LogP contribution in [0.25, 0.3) is 22.0 Å². The molecular formula is C24H27ClN4O2. The van der Waals surface area contributed by atoms with Gasteiger partial charge in [0.25, 0.3) is 0 Å². The number of anilines is 1. The summed E-state index contributed by atoms with van der Waals surface area (Å²) >= 11 is 6.05. The number of carbonyl (C=O) groups is 1. The van der Waals surface area contributed by atoms with Crippen LogP contribution in [-0.2, 0) is 9.53 Å². The number of halogens is 1. The summed E-state index contributed by atoms with van der Waals surface area (Å²) in [4.78, 5) is 16.8. The van der Waals surface area contributed by atoms with Gasteiger partial charge in [0.05, 0.1) is 6.61 Å². The number of rotatable bonds is 5. The lowest BCUT2D eigenvalue weighted by atomic mass is 10.0. The molecule has 1 aromatic heterocycles. The maximum atomic E-state index is 12.4. The molecule has 0 aliphatic carbocycles. The van der Waals surface area contributed by atoms with E-state index in [2.05, 4.69) is 32.1 Å². The molecule has 3 aromatic rings. The lowest BCUT2D eigenvalue weighted by molar-refractivity contribution is -0.156. The summed E-state index contributed by atoms with van der Waals surface area (Å²) in [7, 11) is 0. The van der Waals surface area contributed by atoms with Crippen molar-refractivity contribution in [2.45, 2.75) is 26.3 Å².